The van der Waals surface area contributed by atoms with Crippen LogP contribution in [0.5, 0.6) is 0 Å². The van der Waals surface area contributed by atoms with Crippen molar-refractivity contribution in [3.8, 4) is 0 Å². The second-order valence-electron chi connectivity index (χ2n) is 4.37. The summed E-state index contributed by atoms with van der Waals surface area (Å²) < 4.78 is 1.43. The Balaban J connectivity index is 2.23. The maximum atomic E-state index is 12.1. The largest absolute Gasteiger partial charge is 0.308 e. The maximum Gasteiger partial charge on any atom is 0.253 e. The van der Waals surface area contributed by atoms with Gasteiger partial charge in [-0.2, -0.15) is 0 Å². The molecule has 0 atom stereocenters. The standard InChI is InChI=1S/C16H15NO2/c1-3-13-6-8-14(9-7-13)15(18)11-17-10-4-5-12(2)16(17)19/h3-10H,1,11H2,2H3. The quantitative estimate of drug-likeness (QED) is 0.786. The Hall–Kier alpha value is -2.42. The van der Waals surface area contributed by atoms with E-state index in [9.17, 15) is 9.59 Å². The Morgan fingerprint density at radius 1 is 1.26 bits per heavy atom. The molecule has 0 aliphatic rings. The van der Waals surface area contributed by atoms with Crippen molar-refractivity contribution in [2.45, 2.75) is 13.5 Å². The second-order valence-corrected chi connectivity index (χ2v) is 4.37. The molecule has 1 aromatic carbocycles. The third kappa shape index (κ3) is 2.88. The summed E-state index contributed by atoms with van der Waals surface area (Å²) >= 11 is 0. The van der Waals surface area contributed by atoms with Crippen molar-refractivity contribution in [2.75, 3.05) is 0 Å². The number of nitrogens with zero attached hydrogens (tertiary/aromatic N) is 1. The van der Waals surface area contributed by atoms with Gasteiger partial charge in [0.2, 0.25) is 0 Å². The lowest BCUT2D eigenvalue weighted by Gasteiger charge is -2.06. The first-order chi connectivity index (χ1) is 9.11. The number of Topliss-reactive ketones (excluding diaryl/α,β-unsaturated/α-hetero) is 1. The number of rotatable bonds is 4. The van der Waals surface area contributed by atoms with Gasteiger partial charge in [0.1, 0.15) is 0 Å². The molecule has 3 heteroatoms. The van der Waals surface area contributed by atoms with Crippen LogP contribution in [-0.4, -0.2) is 10.4 Å². The van der Waals surface area contributed by atoms with Crippen molar-refractivity contribution in [1.29, 1.82) is 0 Å². The SMILES string of the molecule is C=Cc1ccc(C(=O)Cn2cccc(C)c2=O)cc1. The van der Waals surface area contributed by atoms with Gasteiger partial charge in [-0.25, -0.2) is 0 Å². The van der Waals surface area contributed by atoms with Crippen molar-refractivity contribution in [1.82, 2.24) is 4.57 Å². The van der Waals surface area contributed by atoms with E-state index in [2.05, 4.69) is 6.58 Å². The number of benzene rings is 1. The lowest BCUT2D eigenvalue weighted by molar-refractivity contribution is 0.0971. The number of ketones is 1. The molecule has 0 saturated carbocycles. The molecule has 0 amide bonds. The van der Waals surface area contributed by atoms with Gasteiger partial charge in [0.15, 0.2) is 5.78 Å². The van der Waals surface area contributed by atoms with Gasteiger partial charge in [0.25, 0.3) is 5.56 Å². The van der Waals surface area contributed by atoms with Crippen molar-refractivity contribution in [3.05, 3.63) is 76.2 Å². The molecule has 0 fully saturated rings. The molecule has 19 heavy (non-hydrogen) atoms. The third-order valence-electron chi connectivity index (χ3n) is 2.99. The first-order valence-electron chi connectivity index (χ1n) is 6.03. The van der Waals surface area contributed by atoms with E-state index in [1.54, 1.807) is 43.5 Å². The van der Waals surface area contributed by atoms with Crippen LogP contribution in [0.4, 0.5) is 0 Å². The number of aromatic nitrogens is 1. The molecule has 2 aromatic rings. The smallest absolute Gasteiger partial charge is 0.253 e. The van der Waals surface area contributed by atoms with Crippen molar-refractivity contribution in [2.24, 2.45) is 0 Å². The lowest BCUT2D eigenvalue weighted by Crippen LogP contribution is -2.25. The first kappa shape index (κ1) is 13.0. The molecule has 0 spiro atoms. The Morgan fingerprint density at radius 2 is 1.95 bits per heavy atom. The Morgan fingerprint density at radius 3 is 2.58 bits per heavy atom. The van der Waals surface area contributed by atoms with E-state index in [0.29, 0.717) is 11.1 Å². The molecule has 0 saturated heterocycles. The van der Waals surface area contributed by atoms with Crippen molar-refractivity contribution >= 4 is 11.9 Å². The fraction of sp³-hybridized carbons (Fsp3) is 0.125. The molecule has 1 aromatic heterocycles. The predicted octanol–water partition coefficient (Wildman–Crippen LogP) is 2.68. The van der Waals surface area contributed by atoms with E-state index in [0.717, 1.165) is 5.56 Å². The number of hydrogen-bond donors (Lipinski definition) is 0. The highest BCUT2D eigenvalue weighted by atomic mass is 16.1. The molecule has 2 rings (SSSR count). The maximum absolute atomic E-state index is 12.1. The highest BCUT2D eigenvalue weighted by Crippen LogP contribution is 2.07. The highest BCUT2D eigenvalue weighted by molar-refractivity contribution is 5.96. The molecule has 0 aliphatic carbocycles. The van der Waals surface area contributed by atoms with Crippen LogP contribution in [0.2, 0.25) is 0 Å². The zero-order valence-electron chi connectivity index (χ0n) is 10.8. The second kappa shape index (κ2) is 5.48. The molecule has 96 valence electrons. The van der Waals surface area contributed by atoms with E-state index in [4.69, 9.17) is 0 Å². The van der Waals surface area contributed by atoms with E-state index in [1.807, 2.05) is 12.1 Å². The van der Waals surface area contributed by atoms with Gasteiger partial charge < -0.3 is 4.57 Å². The highest BCUT2D eigenvalue weighted by Gasteiger charge is 2.08. The molecule has 0 bridgehead atoms. The van der Waals surface area contributed by atoms with Crippen LogP contribution < -0.4 is 5.56 Å². The number of hydrogen-bond acceptors (Lipinski definition) is 2. The van der Waals surface area contributed by atoms with Gasteiger partial charge in [0, 0.05) is 17.3 Å². The van der Waals surface area contributed by atoms with Crippen LogP contribution in [0.15, 0.2) is 54.0 Å². The van der Waals surface area contributed by atoms with E-state index < -0.39 is 0 Å². The predicted molar refractivity (Wildman–Crippen MR) is 76.3 cm³/mol. The average Bonchev–Trinajstić information content (AvgIpc) is 2.44. The summed E-state index contributed by atoms with van der Waals surface area (Å²) in [6.45, 7) is 5.47. The van der Waals surface area contributed by atoms with Crippen LogP contribution in [0, 0.1) is 6.92 Å². The topological polar surface area (TPSA) is 39.1 Å². The van der Waals surface area contributed by atoms with E-state index in [1.165, 1.54) is 4.57 Å². The van der Waals surface area contributed by atoms with Crippen LogP contribution in [-0.2, 0) is 6.54 Å². The third-order valence-corrected chi connectivity index (χ3v) is 2.99. The average molecular weight is 253 g/mol. The Labute approximate surface area is 111 Å². The lowest BCUT2D eigenvalue weighted by atomic mass is 10.1. The van der Waals surface area contributed by atoms with Gasteiger partial charge in [-0.3, -0.25) is 9.59 Å². The molecular formula is C16H15NO2. The monoisotopic (exact) mass is 253 g/mol. The van der Waals surface area contributed by atoms with Gasteiger partial charge in [-0.15, -0.1) is 0 Å². The van der Waals surface area contributed by atoms with Gasteiger partial charge in [-0.05, 0) is 18.6 Å². The summed E-state index contributed by atoms with van der Waals surface area (Å²) in [5, 5.41) is 0. The fourth-order valence-electron chi connectivity index (χ4n) is 1.83. The van der Waals surface area contributed by atoms with Crippen LogP contribution >= 0.6 is 0 Å². The molecular weight excluding hydrogens is 238 g/mol. The summed E-state index contributed by atoms with van der Waals surface area (Å²) in [5.41, 5.74) is 2.07. The zero-order valence-corrected chi connectivity index (χ0v) is 10.8. The Bertz CT molecular complexity index is 666. The van der Waals surface area contributed by atoms with Gasteiger partial charge in [0.05, 0.1) is 6.54 Å². The number of pyridine rings is 1. The summed E-state index contributed by atoms with van der Waals surface area (Å²) in [7, 11) is 0. The molecule has 0 N–H and O–H groups in total. The van der Waals surface area contributed by atoms with Gasteiger partial charge >= 0.3 is 0 Å². The minimum Gasteiger partial charge on any atom is -0.308 e. The van der Waals surface area contributed by atoms with Crippen LogP contribution in [0.25, 0.3) is 6.08 Å². The normalized spacial score (nSPS) is 10.2. The molecule has 0 radical (unpaired) electrons. The van der Waals surface area contributed by atoms with Crippen LogP contribution in [0.3, 0.4) is 0 Å². The molecule has 3 nitrogen and oxygen atoms in total. The first-order valence-corrected chi connectivity index (χ1v) is 6.03. The van der Waals surface area contributed by atoms with Crippen molar-refractivity contribution in [3.63, 3.8) is 0 Å². The van der Waals surface area contributed by atoms with E-state index >= 15 is 0 Å². The molecule has 0 aliphatic heterocycles. The number of aryl methyl sites for hydroxylation is 1. The summed E-state index contributed by atoms with van der Waals surface area (Å²) in [5.74, 6) is -0.0803. The molecule has 0 unspecified atom stereocenters. The molecule has 1 heterocycles. The summed E-state index contributed by atoms with van der Waals surface area (Å²) in [6, 6.07) is 10.7. The Kier molecular flexibility index (Phi) is 3.76. The zero-order chi connectivity index (χ0) is 13.8. The number of carbonyl (C=O) groups excluding carboxylic acids is 1. The number of carbonyl (C=O) groups is 1. The fourth-order valence-corrected chi connectivity index (χ4v) is 1.83. The minimum atomic E-state index is -0.126. The summed E-state index contributed by atoms with van der Waals surface area (Å²) in [6.07, 6.45) is 3.35. The van der Waals surface area contributed by atoms with E-state index in [-0.39, 0.29) is 17.9 Å². The van der Waals surface area contributed by atoms with Crippen molar-refractivity contribution < 1.29 is 4.79 Å². The van der Waals surface area contributed by atoms with Gasteiger partial charge in [-0.1, -0.05) is 43.0 Å². The minimum absolute atomic E-state index is 0.0634. The van der Waals surface area contributed by atoms with Crippen LogP contribution in [0.1, 0.15) is 21.5 Å². The summed E-state index contributed by atoms with van der Waals surface area (Å²) in [4.78, 5) is 23.9.